The van der Waals surface area contributed by atoms with E-state index >= 15 is 0 Å². The summed E-state index contributed by atoms with van der Waals surface area (Å²) in [5, 5.41) is 0. The Bertz CT molecular complexity index is 888. The number of hydrogen-bond acceptors (Lipinski definition) is 3. The Morgan fingerprint density at radius 3 is 2.82 bits per heavy atom. The van der Waals surface area contributed by atoms with E-state index in [4.69, 9.17) is 0 Å². The molecule has 0 radical (unpaired) electrons. The number of halogens is 2. The summed E-state index contributed by atoms with van der Waals surface area (Å²) in [6, 6.07) is 7.98. The Kier molecular flexibility index (Phi) is 5.15. The molecule has 0 bridgehead atoms. The lowest BCUT2D eigenvalue weighted by Gasteiger charge is -2.40. The van der Waals surface area contributed by atoms with Crippen LogP contribution < -0.4 is 0 Å². The minimum Gasteiger partial charge on any atom is -0.338 e. The van der Waals surface area contributed by atoms with Gasteiger partial charge in [0.1, 0.15) is 0 Å². The molecule has 0 saturated carbocycles. The van der Waals surface area contributed by atoms with E-state index in [9.17, 15) is 13.6 Å². The zero-order valence-corrected chi connectivity index (χ0v) is 16.1. The maximum absolute atomic E-state index is 14.1. The maximum atomic E-state index is 14.1. The molecule has 6 heteroatoms. The van der Waals surface area contributed by atoms with Gasteiger partial charge in [0.25, 0.3) is 5.91 Å². The van der Waals surface area contributed by atoms with Gasteiger partial charge in [-0.25, -0.2) is 8.78 Å². The summed E-state index contributed by atoms with van der Waals surface area (Å²) in [5.41, 5.74) is 1.84. The number of amides is 1. The van der Waals surface area contributed by atoms with Crippen LogP contribution in [0.15, 0.2) is 36.5 Å². The highest BCUT2D eigenvalue weighted by Crippen LogP contribution is 2.40. The quantitative estimate of drug-likeness (QED) is 0.807. The first-order valence-electron chi connectivity index (χ1n) is 9.84. The second-order valence-electron chi connectivity index (χ2n) is 8.14. The lowest BCUT2D eigenvalue weighted by molar-refractivity contribution is 0.0672. The summed E-state index contributed by atoms with van der Waals surface area (Å²) in [4.78, 5) is 21.3. The molecule has 0 unspecified atom stereocenters. The Morgan fingerprint density at radius 2 is 2.00 bits per heavy atom. The van der Waals surface area contributed by atoms with Crippen LogP contribution in [0.2, 0.25) is 0 Å². The molecule has 2 aromatic rings. The number of aromatic nitrogens is 1. The van der Waals surface area contributed by atoms with Gasteiger partial charge in [0.15, 0.2) is 11.6 Å². The number of pyridine rings is 1. The predicted molar refractivity (Wildman–Crippen MR) is 103 cm³/mol. The van der Waals surface area contributed by atoms with Crippen LogP contribution in [0.3, 0.4) is 0 Å². The SMILES string of the molecule is Cc1ncccc1C(=O)N1CC[C@]2(CCCN(Cc3cccc(F)c3F)C2)C1. The van der Waals surface area contributed by atoms with E-state index in [-0.39, 0.29) is 11.3 Å². The zero-order valence-electron chi connectivity index (χ0n) is 16.1. The van der Waals surface area contributed by atoms with Crippen LogP contribution in [0.1, 0.15) is 40.9 Å². The number of aryl methyl sites for hydroxylation is 1. The fraction of sp³-hybridized carbons (Fsp3) is 0.455. The zero-order chi connectivity index (χ0) is 19.7. The highest BCUT2D eigenvalue weighted by Gasteiger charge is 2.43. The molecule has 1 aromatic heterocycles. The molecular weight excluding hydrogens is 360 g/mol. The van der Waals surface area contributed by atoms with Gasteiger partial charge in [0, 0.05) is 49.0 Å². The molecule has 4 nitrogen and oxygen atoms in total. The Hall–Kier alpha value is -2.34. The molecule has 3 heterocycles. The standard InChI is InChI=1S/C22H25F2N3O/c1-16-18(6-3-10-25-16)21(28)27-12-9-22(15-27)8-4-11-26(14-22)13-17-5-2-7-19(23)20(17)24/h2-3,5-7,10H,4,8-9,11-15H2,1H3/t22-/m0/s1. The van der Waals surface area contributed by atoms with Crippen molar-refractivity contribution in [2.75, 3.05) is 26.2 Å². The number of carbonyl (C=O) groups is 1. The van der Waals surface area contributed by atoms with Gasteiger partial charge in [-0.3, -0.25) is 14.7 Å². The van der Waals surface area contributed by atoms with Gasteiger partial charge in [-0.05, 0) is 50.9 Å². The molecular formula is C22H25F2N3O. The highest BCUT2D eigenvalue weighted by atomic mass is 19.2. The van der Waals surface area contributed by atoms with Crippen LogP contribution in [0.5, 0.6) is 0 Å². The Balaban J connectivity index is 1.45. The molecule has 0 N–H and O–H groups in total. The van der Waals surface area contributed by atoms with Gasteiger partial charge in [0.05, 0.1) is 5.56 Å². The monoisotopic (exact) mass is 385 g/mol. The third kappa shape index (κ3) is 3.65. The second-order valence-corrected chi connectivity index (χ2v) is 8.14. The molecule has 1 aromatic carbocycles. The van der Waals surface area contributed by atoms with E-state index in [1.807, 2.05) is 17.9 Å². The maximum Gasteiger partial charge on any atom is 0.255 e. The molecule has 28 heavy (non-hydrogen) atoms. The predicted octanol–water partition coefficient (Wildman–Crippen LogP) is 3.80. The van der Waals surface area contributed by atoms with Crippen molar-refractivity contribution >= 4 is 5.91 Å². The average molecular weight is 385 g/mol. The first-order valence-corrected chi connectivity index (χ1v) is 9.84. The summed E-state index contributed by atoms with van der Waals surface area (Å²) < 4.78 is 27.6. The number of carbonyl (C=O) groups excluding carboxylic acids is 1. The van der Waals surface area contributed by atoms with E-state index in [0.717, 1.165) is 50.7 Å². The lowest BCUT2D eigenvalue weighted by Crippen LogP contribution is -2.45. The van der Waals surface area contributed by atoms with Crippen molar-refractivity contribution in [3.63, 3.8) is 0 Å². The van der Waals surface area contributed by atoms with E-state index in [2.05, 4.69) is 9.88 Å². The molecule has 1 atom stereocenters. The number of likely N-dealkylation sites (tertiary alicyclic amines) is 2. The van der Waals surface area contributed by atoms with E-state index in [1.54, 1.807) is 24.4 Å². The fourth-order valence-electron chi connectivity index (χ4n) is 4.68. The van der Waals surface area contributed by atoms with E-state index in [0.29, 0.717) is 24.2 Å². The van der Waals surface area contributed by atoms with Gasteiger partial charge in [-0.1, -0.05) is 12.1 Å². The smallest absolute Gasteiger partial charge is 0.255 e. The lowest BCUT2D eigenvalue weighted by atomic mass is 9.79. The molecule has 1 amide bonds. The first kappa shape index (κ1) is 19.0. The van der Waals surface area contributed by atoms with Crippen molar-refractivity contribution in [1.29, 1.82) is 0 Å². The number of benzene rings is 1. The third-order valence-electron chi connectivity index (χ3n) is 6.13. The van der Waals surface area contributed by atoms with Crippen molar-refractivity contribution in [2.24, 2.45) is 5.41 Å². The largest absolute Gasteiger partial charge is 0.338 e. The topological polar surface area (TPSA) is 36.4 Å². The van der Waals surface area contributed by atoms with Crippen molar-refractivity contribution in [2.45, 2.75) is 32.7 Å². The average Bonchev–Trinajstić information content (AvgIpc) is 3.08. The van der Waals surface area contributed by atoms with Crippen LogP contribution in [-0.2, 0) is 6.54 Å². The summed E-state index contributed by atoms with van der Waals surface area (Å²) >= 11 is 0. The number of nitrogens with zero attached hydrogens (tertiary/aromatic N) is 3. The van der Waals surface area contributed by atoms with Crippen molar-refractivity contribution in [3.05, 3.63) is 65.0 Å². The normalized spacial score (nSPS) is 22.8. The fourth-order valence-corrected chi connectivity index (χ4v) is 4.68. The van der Waals surface area contributed by atoms with E-state index < -0.39 is 11.6 Å². The number of hydrogen-bond donors (Lipinski definition) is 0. The van der Waals surface area contributed by atoms with Gasteiger partial charge in [0.2, 0.25) is 0 Å². The van der Waals surface area contributed by atoms with Crippen molar-refractivity contribution in [1.82, 2.24) is 14.8 Å². The van der Waals surface area contributed by atoms with Crippen LogP contribution in [0.25, 0.3) is 0 Å². The molecule has 4 rings (SSSR count). The number of rotatable bonds is 3. The molecule has 2 aliphatic rings. The molecule has 2 saturated heterocycles. The summed E-state index contributed by atoms with van der Waals surface area (Å²) in [7, 11) is 0. The molecule has 2 fully saturated rings. The molecule has 1 spiro atoms. The van der Waals surface area contributed by atoms with Gasteiger partial charge in [-0.2, -0.15) is 0 Å². The Morgan fingerprint density at radius 1 is 1.14 bits per heavy atom. The van der Waals surface area contributed by atoms with Crippen LogP contribution in [0, 0.1) is 24.0 Å². The van der Waals surface area contributed by atoms with Gasteiger partial charge in [-0.15, -0.1) is 0 Å². The minimum atomic E-state index is -0.797. The summed E-state index contributed by atoms with van der Waals surface area (Å²) in [6.07, 6.45) is 4.71. The summed E-state index contributed by atoms with van der Waals surface area (Å²) in [6.45, 7) is 5.37. The van der Waals surface area contributed by atoms with Crippen LogP contribution in [-0.4, -0.2) is 46.9 Å². The molecule has 0 aliphatic carbocycles. The molecule has 148 valence electrons. The first-order chi connectivity index (χ1) is 13.5. The van der Waals surface area contributed by atoms with Crippen LogP contribution in [0.4, 0.5) is 8.78 Å². The summed E-state index contributed by atoms with van der Waals surface area (Å²) in [5.74, 6) is -1.51. The van der Waals surface area contributed by atoms with E-state index in [1.165, 1.54) is 0 Å². The van der Waals surface area contributed by atoms with Crippen molar-refractivity contribution in [3.8, 4) is 0 Å². The third-order valence-corrected chi connectivity index (χ3v) is 6.13. The number of piperidine rings is 1. The van der Waals surface area contributed by atoms with Gasteiger partial charge < -0.3 is 4.90 Å². The van der Waals surface area contributed by atoms with Crippen molar-refractivity contribution < 1.29 is 13.6 Å². The van der Waals surface area contributed by atoms with Gasteiger partial charge >= 0.3 is 0 Å². The Labute approximate surface area is 164 Å². The minimum absolute atomic E-state index is 0.0355. The second kappa shape index (κ2) is 7.59. The molecule has 2 aliphatic heterocycles. The van der Waals surface area contributed by atoms with Crippen LogP contribution >= 0.6 is 0 Å². The highest BCUT2D eigenvalue weighted by molar-refractivity contribution is 5.95.